The van der Waals surface area contributed by atoms with Gasteiger partial charge in [-0.3, -0.25) is 9.88 Å². The molecule has 6 nitrogen and oxygen atoms in total. The minimum absolute atomic E-state index is 0.285. The quantitative estimate of drug-likeness (QED) is 0.683. The highest BCUT2D eigenvalue weighted by atomic mass is 19.4. The highest BCUT2D eigenvalue weighted by Crippen LogP contribution is 2.34. The number of nitrogens with one attached hydrogen (secondary N) is 1. The minimum atomic E-state index is -4.41. The Balaban J connectivity index is 1.62. The van der Waals surface area contributed by atoms with E-state index in [1.807, 2.05) is 0 Å². The van der Waals surface area contributed by atoms with Crippen molar-refractivity contribution in [3.8, 4) is 17.0 Å². The lowest BCUT2D eigenvalue weighted by molar-refractivity contribution is -0.137. The van der Waals surface area contributed by atoms with Crippen LogP contribution in [0.2, 0.25) is 0 Å². The predicted molar refractivity (Wildman–Crippen MR) is 101 cm³/mol. The number of rotatable bonds is 2. The molecule has 3 heterocycles. The van der Waals surface area contributed by atoms with E-state index in [0.29, 0.717) is 35.1 Å². The molecule has 0 atom stereocenters. The Kier molecular flexibility index (Phi) is 4.79. The van der Waals surface area contributed by atoms with E-state index in [0.717, 1.165) is 12.1 Å². The van der Waals surface area contributed by atoms with Crippen molar-refractivity contribution in [1.82, 2.24) is 9.97 Å². The van der Waals surface area contributed by atoms with Gasteiger partial charge in [0.1, 0.15) is 6.61 Å². The minimum Gasteiger partial charge on any atom is -0.488 e. The molecule has 2 amide bonds. The Morgan fingerprint density at radius 3 is 2.45 bits per heavy atom. The van der Waals surface area contributed by atoms with Crippen LogP contribution in [0.15, 0.2) is 60.9 Å². The van der Waals surface area contributed by atoms with Crippen LogP contribution in [-0.2, 0) is 6.18 Å². The first-order valence-electron chi connectivity index (χ1n) is 8.72. The van der Waals surface area contributed by atoms with Crippen LogP contribution in [-0.4, -0.2) is 29.2 Å². The third-order valence-electron chi connectivity index (χ3n) is 4.35. The normalized spacial score (nSPS) is 13.4. The van der Waals surface area contributed by atoms with Crippen LogP contribution in [0.25, 0.3) is 11.3 Å². The third-order valence-corrected chi connectivity index (χ3v) is 4.35. The summed E-state index contributed by atoms with van der Waals surface area (Å²) in [5.74, 6) is 0.733. The topological polar surface area (TPSA) is 67.4 Å². The summed E-state index contributed by atoms with van der Waals surface area (Å²) in [6.07, 6.45) is -1.29. The van der Waals surface area contributed by atoms with E-state index in [9.17, 15) is 18.0 Å². The van der Waals surface area contributed by atoms with Crippen molar-refractivity contribution in [2.24, 2.45) is 0 Å². The summed E-state index contributed by atoms with van der Waals surface area (Å²) >= 11 is 0. The molecule has 0 unspecified atom stereocenters. The molecule has 148 valence electrons. The Morgan fingerprint density at radius 1 is 1.03 bits per heavy atom. The number of nitrogens with zero attached hydrogens (tertiary/aromatic N) is 3. The van der Waals surface area contributed by atoms with Crippen molar-refractivity contribution in [3.05, 3.63) is 66.5 Å². The van der Waals surface area contributed by atoms with E-state index in [1.54, 1.807) is 36.7 Å². The van der Waals surface area contributed by atoms with Crippen molar-refractivity contribution in [1.29, 1.82) is 0 Å². The van der Waals surface area contributed by atoms with Crippen molar-refractivity contribution in [3.63, 3.8) is 0 Å². The monoisotopic (exact) mass is 400 g/mol. The lowest BCUT2D eigenvalue weighted by Crippen LogP contribution is -2.41. The van der Waals surface area contributed by atoms with Crippen LogP contribution in [0, 0.1) is 0 Å². The van der Waals surface area contributed by atoms with Gasteiger partial charge >= 0.3 is 12.2 Å². The number of alkyl halides is 3. The second-order valence-electron chi connectivity index (χ2n) is 6.26. The molecule has 4 rings (SSSR count). The predicted octanol–water partition coefficient (Wildman–Crippen LogP) is 4.59. The number of anilines is 2. The van der Waals surface area contributed by atoms with Gasteiger partial charge in [0.2, 0.25) is 0 Å². The SMILES string of the molecule is O=C(Nc1ccncc1)N1CCOc2ccc(-c3ccc(C(F)(F)F)cc3)nc21. The summed E-state index contributed by atoms with van der Waals surface area (Å²) in [7, 11) is 0. The maximum absolute atomic E-state index is 12.8. The average Bonchev–Trinajstić information content (AvgIpc) is 2.73. The lowest BCUT2D eigenvalue weighted by atomic mass is 10.1. The largest absolute Gasteiger partial charge is 0.488 e. The van der Waals surface area contributed by atoms with Crippen LogP contribution in [0.4, 0.5) is 29.5 Å². The summed E-state index contributed by atoms with van der Waals surface area (Å²) in [6, 6.07) is 10.9. The maximum atomic E-state index is 12.8. The fourth-order valence-corrected chi connectivity index (χ4v) is 2.91. The van der Waals surface area contributed by atoms with Crippen LogP contribution in [0.5, 0.6) is 5.75 Å². The molecule has 1 aliphatic rings. The van der Waals surface area contributed by atoms with Crippen molar-refractivity contribution < 1.29 is 22.7 Å². The molecule has 0 spiro atoms. The van der Waals surface area contributed by atoms with Gasteiger partial charge in [-0.25, -0.2) is 9.78 Å². The molecule has 1 aliphatic heterocycles. The van der Waals surface area contributed by atoms with Crippen LogP contribution in [0.1, 0.15) is 5.56 Å². The van der Waals surface area contributed by atoms with Gasteiger partial charge in [-0.05, 0) is 36.4 Å². The second-order valence-corrected chi connectivity index (χ2v) is 6.26. The van der Waals surface area contributed by atoms with Gasteiger partial charge < -0.3 is 10.1 Å². The Labute approximate surface area is 164 Å². The number of ether oxygens (including phenoxy) is 1. The molecule has 0 saturated carbocycles. The number of benzene rings is 1. The van der Waals surface area contributed by atoms with Gasteiger partial charge in [-0.15, -0.1) is 0 Å². The molecule has 1 N–H and O–H groups in total. The lowest BCUT2D eigenvalue weighted by Gasteiger charge is -2.28. The van der Waals surface area contributed by atoms with Crippen LogP contribution >= 0.6 is 0 Å². The number of carbonyl (C=O) groups excluding carboxylic acids is 1. The van der Waals surface area contributed by atoms with Crippen LogP contribution < -0.4 is 15.0 Å². The Bertz CT molecular complexity index is 1020. The summed E-state index contributed by atoms with van der Waals surface area (Å²) in [5, 5.41) is 2.76. The third kappa shape index (κ3) is 3.98. The first-order valence-corrected chi connectivity index (χ1v) is 8.72. The first-order chi connectivity index (χ1) is 13.9. The van der Waals surface area contributed by atoms with E-state index >= 15 is 0 Å². The molecule has 0 bridgehead atoms. The van der Waals surface area contributed by atoms with E-state index in [1.165, 1.54) is 17.0 Å². The molecule has 2 aromatic heterocycles. The number of carbonyl (C=O) groups is 1. The summed E-state index contributed by atoms with van der Waals surface area (Å²) < 4.78 is 43.9. The molecule has 9 heteroatoms. The zero-order valence-electron chi connectivity index (χ0n) is 15.0. The van der Waals surface area contributed by atoms with Crippen LogP contribution in [0.3, 0.4) is 0 Å². The molecule has 29 heavy (non-hydrogen) atoms. The molecule has 0 radical (unpaired) electrons. The number of hydrogen-bond acceptors (Lipinski definition) is 4. The number of pyridine rings is 2. The number of aromatic nitrogens is 2. The van der Waals surface area contributed by atoms with E-state index < -0.39 is 17.8 Å². The van der Waals surface area contributed by atoms with Gasteiger partial charge in [-0.2, -0.15) is 13.2 Å². The van der Waals surface area contributed by atoms with E-state index in [4.69, 9.17) is 4.74 Å². The Hall–Kier alpha value is -3.62. The number of hydrogen-bond donors (Lipinski definition) is 1. The van der Waals surface area contributed by atoms with Gasteiger partial charge in [0.05, 0.1) is 17.8 Å². The average molecular weight is 400 g/mol. The Morgan fingerprint density at radius 2 is 1.76 bits per heavy atom. The summed E-state index contributed by atoms with van der Waals surface area (Å²) in [4.78, 5) is 22.5. The van der Waals surface area contributed by atoms with Gasteiger partial charge in [0.15, 0.2) is 11.6 Å². The smallest absolute Gasteiger partial charge is 0.416 e. The molecule has 0 saturated heterocycles. The van der Waals surface area contributed by atoms with E-state index in [2.05, 4.69) is 15.3 Å². The molecular weight excluding hydrogens is 385 g/mol. The fraction of sp³-hybridized carbons (Fsp3) is 0.150. The zero-order chi connectivity index (χ0) is 20.4. The van der Waals surface area contributed by atoms with Gasteiger partial charge in [0.25, 0.3) is 0 Å². The van der Waals surface area contributed by atoms with Gasteiger partial charge in [-0.1, -0.05) is 12.1 Å². The number of urea groups is 1. The second kappa shape index (κ2) is 7.42. The number of fused-ring (bicyclic) bond motifs is 1. The molecule has 0 fully saturated rings. The summed E-state index contributed by atoms with van der Waals surface area (Å²) in [6.45, 7) is 0.589. The highest BCUT2D eigenvalue weighted by Gasteiger charge is 2.30. The van der Waals surface area contributed by atoms with Crippen molar-refractivity contribution in [2.45, 2.75) is 6.18 Å². The summed E-state index contributed by atoms with van der Waals surface area (Å²) in [5.41, 5.74) is 0.781. The standard InChI is InChI=1S/C20H15F3N4O2/c21-20(22,23)14-3-1-13(2-4-14)16-5-6-17-18(26-16)27(11-12-29-17)19(28)25-15-7-9-24-10-8-15/h1-10H,11-12H2,(H,24,25,28). The zero-order valence-corrected chi connectivity index (χ0v) is 15.0. The first kappa shape index (κ1) is 18.7. The van der Waals surface area contributed by atoms with Crippen molar-refractivity contribution >= 4 is 17.5 Å². The number of halogens is 3. The molecule has 3 aromatic rings. The van der Waals surface area contributed by atoms with Gasteiger partial charge in [0, 0.05) is 23.6 Å². The van der Waals surface area contributed by atoms with Crippen molar-refractivity contribution in [2.75, 3.05) is 23.4 Å². The highest BCUT2D eigenvalue weighted by molar-refractivity contribution is 6.02. The number of amides is 2. The maximum Gasteiger partial charge on any atom is 0.416 e. The van der Waals surface area contributed by atoms with E-state index in [-0.39, 0.29) is 6.54 Å². The molecule has 0 aliphatic carbocycles. The molecule has 1 aromatic carbocycles. The molecular formula is C20H15F3N4O2. The fourth-order valence-electron chi connectivity index (χ4n) is 2.91.